The van der Waals surface area contributed by atoms with Crippen LogP contribution in [0.2, 0.25) is 0 Å². The molecule has 0 saturated heterocycles. The Hall–Kier alpha value is -2.34. The molecule has 2 aromatic carbocycles. The van der Waals surface area contributed by atoms with Crippen LogP contribution >= 0.6 is 0 Å². The molecule has 0 bridgehead atoms. The van der Waals surface area contributed by atoms with Crippen molar-refractivity contribution in [2.75, 3.05) is 4.72 Å². The van der Waals surface area contributed by atoms with E-state index in [1.54, 1.807) is 32.0 Å². The predicted molar refractivity (Wildman–Crippen MR) is 84.9 cm³/mol. The number of carboxylic acids is 1. The Morgan fingerprint density at radius 1 is 1.09 bits per heavy atom. The van der Waals surface area contributed by atoms with E-state index in [1.807, 2.05) is 13.0 Å². The molecule has 0 aliphatic heterocycles. The Labute approximate surface area is 129 Å². The van der Waals surface area contributed by atoms with Gasteiger partial charge in [-0.1, -0.05) is 12.1 Å². The first-order valence-corrected chi connectivity index (χ1v) is 8.13. The summed E-state index contributed by atoms with van der Waals surface area (Å²) in [6.45, 7) is 5.21. The molecular weight excluding hydrogens is 302 g/mol. The fourth-order valence-corrected chi connectivity index (χ4v) is 3.54. The fraction of sp³-hybridized carbons (Fsp3) is 0.188. The van der Waals surface area contributed by atoms with Crippen LogP contribution in [0.1, 0.15) is 27.0 Å². The van der Waals surface area contributed by atoms with Gasteiger partial charge in [-0.05, 0) is 61.7 Å². The summed E-state index contributed by atoms with van der Waals surface area (Å²) in [5, 5.41) is 9.10. The zero-order valence-electron chi connectivity index (χ0n) is 12.5. The molecule has 0 aliphatic carbocycles. The van der Waals surface area contributed by atoms with E-state index in [9.17, 15) is 13.2 Å². The lowest BCUT2D eigenvalue weighted by molar-refractivity contribution is 0.0696. The zero-order chi connectivity index (χ0) is 16.5. The second kappa shape index (κ2) is 5.81. The third-order valence-corrected chi connectivity index (χ3v) is 4.93. The molecule has 0 saturated carbocycles. The fourth-order valence-electron chi connectivity index (χ4n) is 2.15. The van der Waals surface area contributed by atoms with E-state index in [0.717, 1.165) is 5.56 Å². The number of rotatable bonds is 4. The standard InChI is InChI=1S/C16H17NO4S/c1-10-5-4-6-14(7-10)17-22(20,21)15-9-13(16(18)19)8-11(2)12(15)3/h4-9,17H,1-3H3,(H,18,19). The van der Waals surface area contributed by atoms with Gasteiger partial charge in [0.25, 0.3) is 10.0 Å². The normalized spacial score (nSPS) is 11.2. The number of aryl methyl sites for hydroxylation is 2. The number of nitrogens with one attached hydrogen (secondary N) is 1. The average molecular weight is 319 g/mol. The highest BCUT2D eigenvalue weighted by Crippen LogP contribution is 2.24. The van der Waals surface area contributed by atoms with Crippen molar-refractivity contribution in [3.05, 3.63) is 58.7 Å². The Balaban J connectivity index is 2.51. The quantitative estimate of drug-likeness (QED) is 0.907. The highest BCUT2D eigenvalue weighted by atomic mass is 32.2. The average Bonchev–Trinajstić information content (AvgIpc) is 2.40. The van der Waals surface area contributed by atoms with Crippen LogP contribution in [-0.2, 0) is 10.0 Å². The molecule has 0 aliphatic rings. The van der Waals surface area contributed by atoms with Crippen LogP contribution in [0.4, 0.5) is 5.69 Å². The number of carboxylic acid groups (broad SMARTS) is 1. The third kappa shape index (κ3) is 3.28. The molecule has 0 spiro atoms. The first-order valence-electron chi connectivity index (χ1n) is 6.65. The number of anilines is 1. The molecule has 0 aromatic heterocycles. The van der Waals surface area contributed by atoms with Gasteiger partial charge in [0, 0.05) is 5.69 Å². The Morgan fingerprint density at radius 3 is 2.36 bits per heavy atom. The first kappa shape index (κ1) is 16.0. The minimum Gasteiger partial charge on any atom is -0.478 e. The molecule has 2 N–H and O–H groups in total. The van der Waals surface area contributed by atoms with Crippen molar-refractivity contribution in [3.63, 3.8) is 0 Å². The van der Waals surface area contributed by atoms with Crippen LogP contribution in [0.5, 0.6) is 0 Å². The lowest BCUT2D eigenvalue weighted by Crippen LogP contribution is -2.16. The second-order valence-corrected chi connectivity index (χ2v) is 6.85. The Morgan fingerprint density at radius 2 is 1.77 bits per heavy atom. The van der Waals surface area contributed by atoms with Gasteiger partial charge < -0.3 is 5.11 Å². The van der Waals surface area contributed by atoms with Crippen molar-refractivity contribution in [3.8, 4) is 0 Å². The maximum absolute atomic E-state index is 12.6. The number of carbonyl (C=O) groups is 1. The van der Waals surface area contributed by atoms with Crippen LogP contribution in [0.25, 0.3) is 0 Å². The maximum atomic E-state index is 12.6. The summed E-state index contributed by atoms with van der Waals surface area (Å²) < 4.78 is 27.6. The van der Waals surface area contributed by atoms with E-state index in [2.05, 4.69) is 4.72 Å². The first-order chi connectivity index (χ1) is 10.2. The van der Waals surface area contributed by atoms with Gasteiger partial charge >= 0.3 is 5.97 Å². The molecule has 0 radical (unpaired) electrons. The number of aromatic carboxylic acids is 1. The molecule has 116 valence electrons. The van der Waals surface area contributed by atoms with Crippen molar-refractivity contribution in [1.82, 2.24) is 0 Å². The molecule has 0 amide bonds. The molecule has 0 heterocycles. The summed E-state index contributed by atoms with van der Waals surface area (Å²) >= 11 is 0. The molecule has 5 nitrogen and oxygen atoms in total. The van der Waals surface area contributed by atoms with Crippen LogP contribution < -0.4 is 4.72 Å². The van der Waals surface area contributed by atoms with E-state index >= 15 is 0 Å². The summed E-state index contributed by atoms with van der Waals surface area (Å²) in [6.07, 6.45) is 0. The zero-order valence-corrected chi connectivity index (χ0v) is 13.4. The van der Waals surface area contributed by atoms with E-state index in [0.29, 0.717) is 16.8 Å². The summed E-state index contributed by atoms with van der Waals surface area (Å²) in [4.78, 5) is 11.1. The summed E-state index contributed by atoms with van der Waals surface area (Å²) in [6, 6.07) is 9.61. The number of benzene rings is 2. The molecule has 2 rings (SSSR count). The maximum Gasteiger partial charge on any atom is 0.335 e. The second-order valence-electron chi connectivity index (χ2n) is 5.20. The van der Waals surface area contributed by atoms with Crippen molar-refractivity contribution in [2.45, 2.75) is 25.7 Å². The van der Waals surface area contributed by atoms with Gasteiger partial charge in [-0.15, -0.1) is 0 Å². The monoisotopic (exact) mass is 319 g/mol. The lowest BCUT2D eigenvalue weighted by Gasteiger charge is -2.13. The molecule has 0 fully saturated rings. The smallest absolute Gasteiger partial charge is 0.335 e. The molecule has 2 aromatic rings. The van der Waals surface area contributed by atoms with Crippen LogP contribution in [0.15, 0.2) is 41.3 Å². The summed E-state index contributed by atoms with van der Waals surface area (Å²) in [5.74, 6) is -1.16. The summed E-state index contributed by atoms with van der Waals surface area (Å²) in [7, 11) is -3.85. The van der Waals surface area contributed by atoms with Crippen LogP contribution in [0.3, 0.4) is 0 Å². The molecule has 0 unspecified atom stereocenters. The molecular formula is C16H17NO4S. The lowest BCUT2D eigenvalue weighted by atomic mass is 10.1. The SMILES string of the molecule is Cc1cccc(NS(=O)(=O)c2cc(C(=O)O)cc(C)c2C)c1. The van der Waals surface area contributed by atoms with E-state index in [4.69, 9.17) is 5.11 Å². The van der Waals surface area contributed by atoms with Gasteiger partial charge in [-0.25, -0.2) is 13.2 Å². The van der Waals surface area contributed by atoms with Gasteiger partial charge in [0.2, 0.25) is 0 Å². The van der Waals surface area contributed by atoms with Crippen molar-refractivity contribution in [1.29, 1.82) is 0 Å². The van der Waals surface area contributed by atoms with Crippen LogP contribution in [0, 0.1) is 20.8 Å². The van der Waals surface area contributed by atoms with Crippen molar-refractivity contribution in [2.24, 2.45) is 0 Å². The topological polar surface area (TPSA) is 83.5 Å². The largest absolute Gasteiger partial charge is 0.478 e. The Bertz CT molecular complexity index is 841. The third-order valence-electron chi connectivity index (χ3n) is 3.43. The number of hydrogen-bond acceptors (Lipinski definition) is 3. The molecule has 22 heavy (non-hydrogen) atoms. The van der Waals surface area contributed by atoms with E-state index in [-0.39, 0.29) is 10.5 Å². The highest BCUT2D eigenvalue weighted by molar-refractivity contribution is 7.92. The minimum atomic E-state index is -3.85. The van der Waals surface area contributed by atoms with Gasteiger partial charge in [0.15, 0.2) is 0 Å². The van der Waals surface area contributed by atoms with Gasteiger partial charge in [0.1, 0.15) is 0 Å². The van der Waals surface area contributed by atoms with Crippen molar-refractivity contribution < 1.29 is 18.3 Å². The predicted octanol–water partition coefficient (Wildman–Crippen LogP) is 3.11. The minimum absolute atomic E-state index is 0.0218. The summed E-state index contributed by atoms with van der Waals surface area (Å²) in [5.41, 5.74) is 2.47. The molecule has 0 atom stereocenters. The van der Waals surface area contributed by atoms with Crippen molar-refractivity contribution >= 4 is 21.7 Å². The molecule has 6 heteroatoms. The van der Waals surface area contributed by atoms with E-state index in [1.165, 1.54) is 12.1 Å². The number of hydrogen-bond donors (Lipinski definition) is 2. The Kier molecular flexibility index (Phi) is 4.23. The van der Waals surface area contributed by atoms with E-state index < -0.39 is 16.0 Å². The number of sulfonamides is 1. The van der Waals surface area contributed by atoms with Gasteiger partial charge in [0.05, 0.1) is 10.5 Å². The van der Waals surface area contributed by atoms with Crippen LogP contribution in [-0.4, -0.2) is 19.5 Å². The van der Waals surface area contributed by atoms with Gasteiger partial charge in [-0.2, -0.15) is 0 Å². The van der Waals surface area contributed by atoms with Gasteiger partial charge in [-0.3, -0.25) is 4.72 Å². The highest BCUT2D eigenvalue weighted by Gasteiger charge is 2.20.